The van der Waals surface area contributed by atoms with Crippen LogP contribution in [0.2, 0.25) is 0 Å². The van der Waals surface area contributed by atoms with Crippen molar-refractivity contribution in [3.05, 3.63) is 41.1 Å². The Morgan fingerprint density at radius 2 is 2.13 bits per heavy atom. The lowest BCUT2D eigenvalue weighted by Crippen LogP contribution is -2.06. The first kappa shape index (κ1) is 17.3. The van der Waals surface area contributed by atoms with Gasteiger partial charge >= 0.3 is 5.97 Å². The lowest BCUT2D eigenvalue weighted by Gasteiger charge is -2.08. The summed E-state index contributed by atoms with van der Waals surface area (Å²) in [6, 6.07) is 6.13. The molecule has 0 saturated carbocycles. The number of hydrogen-bond donors (Lipinski definition) is 1. The Morgan fingerprint density at radius 1 is 1.39 bits per heavy atom. The van der Waals surface area contributed by atoms with Crippen LogP contribution < -0.4 is 0 Å². The van der Waals surface area contributed by atoms with Crippen LogP contribution in [0.1, 0.15) is 31.4 Å². The fourth-order valence-electron chi connectivity index (χ4n) is 2.80. The molecule has 2 rings (SSSR count). The summed E-state index contributed by atoms with van der Waals surface area (Å²) in [5.41, 5.74) is 3.73. The third-order valence-corrected chi connectivity index (χ3v) is 4.04. The van der Waals surface area contributed by atoms with Crippen LogP contribution in [-0.2, 0) is 16.1 Å². The van der Waals surface area contributed by atoms with Crippen LogP contribution in [0.5, 0.6) is 0 Å². The summed E-state index contributed by atoms with van der Waals surface area (Å²) in [5, 5.41) is 10.5. The van der Waals surface area contributed by atoms with Gasteiger partial charge < -0.3 is 14.4 Å². The van der Waals surface area contributed by atoms with E-state index >= 15 is 0 Å². The molecule has 1 aromatic carbocycles. The van der Waals surface area contributed by atoms with E-state index in [0.717, 1.165) is 30.7 Å². The molecule has 0 fully saturated rings. The number of fused-ring (bicyclic) bond motifs is 1. The average molecular weight is 315 g/mol. The van der Waals surface area contributed by atoms with Crippen molar-refractivity contribution in [2.24, 2.45) is 5.92 Å². The number of carbonyl (C=O) groups is 1. The molecule has 0 bridgehead atoms. The van der Waals surface area contributed by atoms with Crippen LogP contribution in [0.15, 0.2) is 30.0 Å². The Balaban J connectivity index is 2.42. The maximum Gasteiger partial charge on any atom is 0.331 e. The van der Waals surface area contributed by atoms with Gasteiger partial charge in [-0.1, -0.05) is 26.0 Å². The number of carboxylic acids is 1. The van der Waals surface area contributed by atoms with Gasteiger partial charge in [-0.15, -0.1) is 0 Å². The van der Waals surface area contributed by atoms with Gasteiger partial charge in [0.1, 0.15) is 0 Å². The van der Waals surface area contributed by atoms with Crippen molar-refractivity contribution >= 4 is 22.9 Å². The SMILES string of the molecule is COCCCn1cc(C)c2ccc(/C=C(/C(=O)O)C(C)C)cc21. The highest BCUT2D eigenvalue weighted by Gasteiger charge is 2.12. The summed E-state index contributed by atoms with van der Waals surface area (Å²) in [7, 11) is 1.71. The monoisotopic (exact) mass is 315 g/mol. The van der Waals surface area contributed by atoms with Crippen molar-refractivity contribution in [1.29, 1.82) is 0 Å². The van der Waals surface area contributed by atoms with Crippen molar-refractivity contribution in [3.63, 3.8) is 0 Å². The molecule has 0 aliphatic rings. The zero-order valence-electron chi connectivity index (χ0n) is 14.3. The van der Waals surface area contributed by atoms with E-state index in [2.05, 4.69) is 29.8 Å². The molecule has 0 aliphatic heterocycles. The fraction of sp³-hybridized carbons (Fsp3) is 0.421. The predicted octanol–water partition coefficient (Wildman–Crippen LogP) is 4.11. The molecule has 0 saturated heterocycles. The zero-order valence-corrected chi connectivity index (χ0v) is 14.3. The molecule has 0 amide bonds. The summed E-state index contributed by atoms with van der Waals surface area (Å²) < 4.78 is 7.34. The van der Waals surface area contributed by atoms with Crippen molar-refractivity contribution in [2.45, 2.75) is 33.7 Å². The van der Waals surface area contributed by atoms with Crippen LogP contribution in [0.3, 0.4) is 0 Å². The molecule has 0 spiro atoms. The average Bonchev–Trinajstić information content (AvgIpc) is 2.80. The molecule has 0 atom stereocenters. The van der Waals surface area contributed by atoms with Crippen molar-refractivity contribution in [2.75, 3.05) is 13.7 Å². The van der Waals surface area contributed by atoms with Crippen LogP contribution in [0, 0.1) is 12.8 Å². The quantitative estimate of drug-likeness (QED) is 0.618. The molecule has 23 heavy (non-hydrogen) atoms. The van der Waals surface area contributed by atoms with Gasteiger partial charge in [-0.2, -0.15) is 0 Å². The maximum absolute atomic E-state index is 11.4. The first-order valence-electron chi connectivity index (χ1n) is 7.97. The maximum atomic E-state index is 11.4. The number of methoxy groups -OCH3 is 1. The van der Waals surface area contributed by atoms with Gasteiger partial charge in [0.05, 0.1) is 0 Å². The number of rotatable bonds is 7. The van der Waals surface area contributed by atoms with Crippen LogP contribution >= 0.6 is 0 Å². The minimum atomic E-state index is -0.855. The summed E-state index contributed by atoms with van der Waals surface area (Å²) in [6.07, 6.45) is 4.87. The van der Waals surface area contributed by atoms with Gasteiger partial charge in [0.25, 0.3) is 0 Å². The molecule has 0 aliphatic carbocycles. The minimum Gasteiger partial charge on any atom is -0.478 e. The largest absolute Gasteiger partial charge is 0.478 e. The number of aromatic nitrogens is 1. The van der Waals surface area contributed by atoms with E-state index in [9.17, 15) is 9.90 Å². The van der Waals surface area contributed by atoms with Gasteiger partial charge in [-0.25, -0.2) is 4.79 Å². The molecule has 2 aromatic rings. The molecule has 1 aromatic heterocycles. The van der Waals surface area contributed by atoms with E-state index in [-0.39, 0.29) is 5.92 Å². The van der Waals surface area contributed by atoms with Crippen molar-refractivity contribution in [3.8, 4) is 0 Å². The lowest BCUT2D eigenvalue weighted by molar-refractivity contribution is -0.133. The lowest BCUT2D eigenvalue weighted by atomic mass is 10.00. The Morgan fingerprint density at radius 3 is 2.74 bits per heavy atom. The smallest absolute Gasteiger partial charge is 0.331 e. The Bertz CT molecular complexity index is 726. The number of aliphatic carboxylic acids is 1. The predicted molar refractivity (Wildman–Crippen MR) is 93.6 cm³/mol. The highest BCUT2D eigenvalue weighted by atomic mass is 16.5. The molecule has 1 N–H and O–H groups in total. The molecule has 0 radical (unpaired) electrons. The Labute approximate surface area is 137 Å². The molecule has 4 heteroatoms. The van der Waals surface area contributed by atoms with Crippen LogP contribution in [-0.4, -0.2) is 29.4 Å². The normalized spacial score (nSPS) is 12.3. The van der Waals surface area contributed by atoms with E-state index in [1.54, 1.807) is 13.2 Å². The zero-order chi connectivity index (χ0) is 17.0. The van der Waals surface area contributed by atoms with Gasteiger partial charge in [-0.05, 0) is 42.5 Å². The summed E-state index contributed by atoms with van der Waals surface area (Å²) in [4.78, 5) is 11.4. The highest BCUT2D eigenvalue weighted by molar-refractivity contribution is 5.94. The van der Waals surface area contributed by atoms with E-state index in [4.69, 9.17) is 4.74 Å². The standard InChI is InChI=1S/C19H25NO3/c1-13(2)17(19(21)22)10-15-6-7-16-14(3)12-20(18(16)11-15)8-5-9-23-4/h6-7,10-13H,5,8-9H2,1-4H3,(H,21,22)/b17-10+. The molecular formula is C19H25NO3. The van der Waals surface area contributed by atoms with Crippen LogP contribution in [0.4, 0.5) is 0 Å². The van der Waals surface area contributed by atoms with Crippen molar-refractivity contribution in [1.82, 2.24) is 4.57 Å². The topological polar surface area (TPSA) is 51.5 Å². The van der Waals surface area contributed by atoms with Gasteiger partial charge in [0, 0.05) is 42.9 Å². The van der Waals surface area contributed by atoms with Gasteiger partial charge in [0.2, 0.25) is 0 Å². The minimum absolute atomic E-state index is 0.0154. The molecule has 4 nitrogen and oxygen atoms in total. The molecular weight excluding hydrogens is 290 g/mol. The Hall–Kier alpha value is -2.07. The number of nitrogens with zero attached hydrogens (tertiary/aromatic N) is 1. The first-order valence-corrected chi connectivity index (χ1v) is 7.97. The number of ether oxygens (including phenoxy) is 1. The van der Waals surface area contributed by atoms with E-state index < -0.39 is 5.97 Å². The Kier molecular flexibility index (Phi) is 5.61. The molecule has 124 valence electrons. The molecule has 0 unspecified atom stereocenters. The third-order valence-electron chi connectivity index (χ3n) is 4.04. The van der Waals surface area contributed by atoms with E-state index in [1.165, 1.54) is 10.9 Å². The summed E-state index contributed by atoms with van der Waals surface area (Å²) >= 11 is 0. The van der Waals surface area contributed by atoms with Crippen LogP contribution in [0.25, 0.3) is 17.0 Å². The number of aryl methyl sites for hydroxylation is 2. The number of hydrogen-bond acceptors (Lipinski definition) is 2. The second kappa shape index (κ2) is 7.47. The van der Waals surface area contributed by atoms with Crippen molar-refractivity contribution < 1.29 is 14.6 Å². The fourth-order valence-corrected chi connectivity index (χ4v) is 2.80. The molecule has 1 heterocycles. The second-order valence-corrected chi connectivity index (χ2v) is 6.19. The summed E-state index contributed by atoms with van der Waals surface area (Å²) in [5.74, 6) is -0.870. The van der Waals surface area contributed by atoms with Gasteiger partial charge in [-0.3, -0.25) is 0 Å². The van der Waals surface area contributed by atoms with E-state index in [1.807, 2.05) is 19.9 Å². The first-order chi connectivity index (χ1) is 10.9. The summed E-state index contributed by atoms with van der Waals surface area (Å²) in [6.45, 7) is 7.52. The van der Waals surface area contributed by atoms with Gasteiger partial charge in [0.15, 0.2) is 0 Å². The van der Waals surface area contributed by atoms with E-state index in [0.29, 0.717) is 5.57 Å². The highest BCUT2D eigenvalue weighted by Crippen LogP contribution is 2.24. The number of carboxylic acid groups (broad SMARTS) is 1. The second-order valence-electron chi connectivity index (χ2n) is 6.19. The third kappa shape index (κ3) is 4.02. The number of benzene rings is 1.